The van der Waals surface area contributed by atoms with Crippen LogP contribution in [0.4, 0.5) is 5.69 Å². The molecular weight excluding hydrogens is 305 g/mol. The Morgan fingerprint density at radius 2 is 1.80 bits per heavy atom. The van der Waals surface area contributed by atoms with Crippen molar-refractivity contribution in [3.05, 3.63) is 40.3 Å². The summed E-state index contributed by atoms with van der Waals surface area (Å²) >= 11 is 11.7. The van der Waals surface area contributed by atoms with E-state index in [9.17, 15) is 4.79 Å². The number of hydrogen-bond acceptors (Lipinski definition) is 4. The second kappa shape index (κ2) is 6.07. The second-order valence-electron chi connectivity index (χ2n) is 3.74. The molecule has 0 bridgehead atoms. The summed E-state index contributed by atoms with van der Waals surface area (Å²) in [5.41, 5.74) is 0.377. The third-order valence-corrected chi connectivity index (χ3v) is 3.03. The number of methoxy groups -OCH3 is 2. The Balaban J connectivity index is 2.27. The first-order chi connectivity index (χ1) is 9.55. The summed E-state index contributed by atoms with van der Waals surface area (Å²) in [6, 6.07) is 6.05. The van der Waals surface area contributed by atoms with Crippen LogP contribution in [0, 0.1) is 0 Å². The van der Waals surface area contributed by atoms with Gasteiger partial charge in [-0.25, -0.2) is 0 Å². The van der Waals surface area contributed by atoms with E-state index in [1.165, 1.54) is 26.4 Å². The monoisotopic (exact) mass is 315 g/mol. The highest BCUT2D eigenvalue weighted by atomic mass is 35.5. The number of carbonyl (C=O) groups excluding carboxylic acids is 1. The Bertz CT molecular complexity index is 639. The van der Waals surface area contributed by atoms with Crippen LogP contribution in [-0.4, -0.2) is 20.1 Å². The zero-order chi connectivity index (χ0) is 14.7. The van der Waals surface area contributed by atoms with E-state index in [1.807, 2.05) is 0 Å². The number of rotatable bonds is 4. The van der Waals surface area contributed by atoms with Gasteiger partial charge in [0.2, 0.25) is 0 Å². The zero-order valence-electron chi connectivity index (χ0n) is 10.7. The molecule has 0 spiro atoms. The van der Waals surface area contributed by atoms with Crippen molar-refractivity contribution in [1.82, 2.24) is 0 Å². The van der Waals surface area contributed by atoms with Crippen molar-refractivity contribution in [2.75, 3.05) is 19.5 Å². The molecule has 0 unspecified atom stereocenters. The average Bonchev–Trinajstić information content (AvgIpc) is 2.87. The third-order valence-electron chi connectivity index (χ3n) is 2.52. The fraction of sp³-hybridized carbons (Fsp3) is 0.154. The standard InChI is InChI=1S/C13H11Cl2NO4/c1-18-10-5-7(14)8(6-11(10)19-2)16-13(17)9-3-4-12(15)20-9/h3-6H,1-2H3,(H,16,17). The molecule has 1 aromatic carbocycles. The lowest BCUT2D eigenvalue weighted by atomic mass is 10.2. The van der Waals surface area contributed by atoms with Crippen LogP contribution in [0.1, 0.15) is 10.6 Å². The molecule has 0 saturated carbocycles. The van der Waals surface area contributed by atoms with E-state index in [-0.39, 0.29) is 11.0 Å². The van der Waals surface area contributed by atoms with Crippen molar-refractivity contribution >= 4 is 34.8 Å². The highest BCUT2D eigenvalue weighted by molar-refractivity contribution is 6.34. The van der Waals surface area contributed by atoms with Crippen LogP contribution < -0.4 is 14.8 Å². The molecule has 0 saturated heterocycles. The number of anilines is 1. The predicted molar refractivity (Wildman–Crippen MR) is 76.2 cm³/mol. The topological polar surface area (TPSA) is 60.7 Å². The first kappa shape index (κ1) is 14.6. The van der Waals surface area contributed by atoms with E-state index in [1.54, 1.807) is 12.1 Å². The van der Waals surface area contributed by atoms with Crippen LogP contribution in [0.5, 0.6) is 11.5 Å². The first-order valence-electron chi connectivity index (χ1n) is 5.53. The fourth-order valence-corrected chi connectivity index (χ4v) is 1.92. The molecule has 0 aliphatic carbocycles. The summed E-state index contributed by atoms with van der Waals surface area (Å²) in [5, 5.41) is 3.05. The van der Waals surface area contributed by atoms with E-state index in [0.717, 1.165) is 0 Å². The lowest BCUT2D eigenvalue weighted by molar-refractivity contribution is 0.0996. The van der Waals surface area contributed by atoms with Crippen LogP contribution in [0.2, 0.25) is 10.2 Å². The number of benzene rings is 1. The van der Waals surface area contributed by atoms with Gasteiger partial charge in [-0.15, -0.1) is 0 Å². The minimum atomic E-state index is -0.467. The lowest BCUT2D eigenvalue weighted by Crippen LogP contribution is -2.11. The number of amides is 1. The average molecular weight is 316 g/mol. The van der Waals surface area contributed by atoms with Crippen LogP contribution in [0.15, 0.2) is 28.7 Å². The normalized spacial score (nSPS) is 10.2. The fourth-order valence-electron chi connectivity index (χ4n) is 1.57. The van der Waals surface area contributed by atoms with Gasteiger partial charge in [0.05, 0.1) is 24.9 Å². The van der Waals surface area contributed by atoms with E-state index in [4.69, 9.17) is 37.1 Å². The maximum atomic E-state index is 11.9. The van der Waals surface area contributed by atoms with Gasteiger partial charge in [-0.05, 0) is 23.7 Å². The minimum Gasteiger partial charge on any atom is -0.493 e. The van der Waals surface area contributed by atoms with Crippen molar-refractivity contribution in [1.29, 1.82) is 0 Å². The Labute approximate surface area is 125 Å². The van der Waals surface area contributed by atoms with Gasteiger partial charge in [0, 0.05) is 12.1 Å². The van der Waals surface area contributed by atoms with Crippen LogP contribution >= 0.6 is 23.2 Å². The number of halogens is 2. The number of nitrogens with one attached hydrogen (secondary N) is 1. The minimum absolute atomic E-state index is 0.0841. The molecule has 0 aliphatic rings. The van der Waals surface area contributed by atoms with Crippen LogP contribution in [-0.2, 0) is 0 Å². The van der Waals surface area contributed by atoms with Gasteiger partial charge in [0.1, 0.15) is 0 Å². The summed E-state index contributed by atoms with van der Waals surface area (Å²) in [7, 11) is 2.99. The highest BCUT2D eigenvalue weighted by Crippen LogP contribution is 2.36. The zero-order valence-corrected chi connectivity index (χ0v) is 12.2. The summed E-state index contributed by atoms with van der Waals surface area (Å²) in [4.78, 5) is 11.9. The van der Waals surface area contributed by atoms with Gasteiger partial charge in [0.15, 0.2) is 22.5 Å². The maximum Gasteiger partial charge on any atom is 0.291 e. The molecule has 0 fully saturated rings. The Morgan fingerprint density at radius 1 is 1.15 bits per heavy atom. The van der Waals surface area contributed by atoms with Crippen molar-refractivity contribution in [2.24, 2.45) is 0 Å². The molecule has 7 heteroatoms. The molecule has 1 amide bonds. The molecule has 106 valence electrons. The van der Waals surface area contributed by atoms with Gasteiger partial charge in [-0.1, -0.05) is 11.6 Å². The van der Waals surface area contributed by atoms with Crippen molar-refractivity contribution in [3.8, 4) is 11.5 Å². The third kappa shape index (κ3) is 3.00. The summed E-state index contributed by atoms with van der Waals surface area (Å²) in [6.45, 7) is 0. The van der Waals surface area contributed by atoms with Crippen LogP contribution in [0.25, 0.3) is 0 Å². The Morgan fingerprint density at radius 3 is 2.35 bits per heavy atom. The Kier molecular flexibility index (Phi) is 4.42. The van der Waals surface area contributed by atoms with Gasteiger partial charge in [0.25, 0.3) is 5.91 Å². The number of ether oxygens (including phenoxy) is 2. The maximum absolute atomic E-state index is 11.9. The molecule has 0 atom stereocenters. The van der Waals surface area contributed by atoms with Crippen LogP contribution in [0.3, 0.4) is 0 Å². The highest BCUT2D eigenvalue weighted by Gasteiger charge is 2.15. The van der Waals surface area contributed by atoms with Gasteiger partial charge in [-0.2, -0.15) is 0 Å². The SMILES string of the molecule is COc1cc(Cl)c(NC(=O)c2ccc(Cl)o2)cc1OC. The van der Waals surface area contributed by atoms with E-state index in [2.05, 4.69) is 5.32 Å². The summed E-state index contributed by atoms with van der Waals surface area (Å²) in [6.07, 6.45) is 0. The number of furan rings is 1. The first-order valence-corrected chi connectivity index (χ1v) is 6.29. The second-order valence-corrected chi connectivity index (χ2v) is 4.52. The van der Waals surface area contributed by atoms with Gasteiger partial charge in [-0.3, -0.25) is 4.79 Å². The van der Waals surface area contributed by atoms with E-state index < -0.39 is 5.91 Å². The lowest BCUT2D eigenvalue weighted by Gasteiger charge is -2.12. The molecular formula is C13H11Cl2NO4. The van der Waals surface area contributed by atoms with E-state index in [0.29, 0.717) is 22.2 Å². The molecule has 20 heavy (non-hydrogen) atoms. The van der Waals surface area contributed by atoms with Gasteiger partial charge >= 0.3 is 0 Å². The van der Waals surface area contributed by atoms with Crippen molar-refractivity contribution < 1.29 is 18.7 Å². The van der Waals surface area contributed by atoms with Crippen molar-refractivity contribution in [2.45, 2.75) is 0 Å². The number of hydrogen-bond donors (Lipinski definition) is 1. The molecule has 2 aromatic rings. The molecule has 0 radical (unpaired) electrons. The largest absolute Gasteiger partial charge is 0.493 e. The molecule has 5 nitrogen and oxygen atoms in total. The molecule has 0 aliphatic heterocycles. The molecule has 1 aromatic heterocycles. The molecule has 2 rings (SSSR count). The quantitative estimate of drug-likeness (QED) is 0.930. The molecule has 1 N–H and O–H groups in total. The summed E-state index contributed by atoms with van der Waals surface area (Å²) < 4.78 is 15.3. The van der Waals surface area contributed by atoms with Crippen molar-refractivity contribution in [3.63, 3.8) is 0 Å². The van der Waals surface area contributed by atoms with E-state index >= 15 is 0 Å². The Hall–Kier alpha value is -1.85. The smallest absolute Gasteiger partial charge is 0.291 e. The number of carbonyl (C=O) groups is 1. The predicted octanol–water partition coefficient (Wildman–Crippen LogP) is 3.86. The molecule has 1 heterocycles. The summed E-state index contributed by atoms with van der Waals surface area (Å²) in [5.74, 6) is 0.535. The van der Waals surface area contributed by atoms with Gasteiger partial charge < -0.3 is 19.2 Å².